The molecule has 4 N–H and O–H groups in total. The van der Waals surface area contributed by atoms with Gasteiger partial charge in [-0.05, 0) is 63.2 Å². The molecule has 0 radical (unpaired) electrons. The Kier molecular flexibility index (Phi) is 12.0. The SMILES string of the molecule is C=C(/C=C(/C)NC)Nc1nc(SC(/C=C\C(C)NC(=O)CN2CCC(NC(=O)C(C)(C)C)C2)=C/C#CC)nn2cccc12. The molecule has 2 aromatic rings. The highest BCUT2D eigenvalue weighted by Crippen LogP contribution is 2.27. The molecule has 1 fully saturated rings. The van der Waals surface area contributed by atoms with Crippen molar-refractivity contribution in [3.05, 3.63) is 65.5 Å². The molecule has 0 bridgehead atoms. The van der Waals surface area contributed by atoms with Gasteiger partial charge in [-0.2, -0.15) is 0 Å². The van der Waals surface area contributed by atoms with Crippen LogP contribution in [-0.4, -0.2) is 70.1 Å². The molecule has 0 spiro atoms. The quantitative estimate of drug-likeness (QED) is 0.163. The molecule has 0 aliphatic carbocycles. The van der Waals surface area contributed by atoms with Gasteiger partial charge in [0.15, 0.2) is 5.82 Å². The fourth-order valence-electron chi connectivity index (χ4n) is 4.22. The lowest BCUT2D eigenvalue weighted by atomic mass is 9.95. The van der Waals surface area contributed by atoms with E-state index in [-0.39, 0.29) is 30.4 Å². The van der Waals surface area contributed by atoms with Gasteiger partial charge in [0.25, 0.3) is 0 Å². The summed E-state index contributed by atoms with van der Waals surface area (Å²) in [5.74, 6) is 6.51. The van der Waals surface area contributed by atoms with Crippen LogP contribution in [0.2, 0.25) is 0 Å². The zero-order valence-electron chi connectivity index (χ0n) is 26.2. The van der Waals surface area contributed by atoms with Crippen LogP contribution in [0, 0.1) is 17.3 Å². The first-order valence-electron chi connectivity index (χ1n) is 14.4. The van der Waals surface area contributed by atoms with E-state index >= 15 is 0 Å². The third-order valence-corrected chi connectivity index (χ3v) is 7.44. The Labute approximate surface area is 259 Å². The molecule has 2 aromatic heterocycles. The number of aromatic nitrogens is 3. The van der Waals surface area contributed by atoms with Gasteiger partial charge in [0, 0.05) is 66.2 Å². The summed E-state index contributed by atoms with van der Waals surface area (Å²) < 4.78 is 1.77. The van der Waals surface area contributed by atoms with Crippen LogP contribution in [-0.2, 0) is 9.59 Å². The fourth-order valence-corrected chi connectivity index (χ4v) is 4.96. The van der Waals surface area contributed by atoms with Crippen molar-refractivity contribution < 1.29 is 9.59 Å². The Bertz CT molecular complexity index is 1470. The van der Waals surface area contributed by atoms with Crippen LogP contribution in [0.4, 0.5) is 5.82 Å². The van der Waals surface area contributed by atoms with Crippen molar-refractivity contribution in [2.24, 2.45) is 5.41 Å². The average Bonchev–Trinajstić information content (AvgIpc) is 3.58. The number of hydrogen-bond donors (Lipinski definition) is 4. The Morgan fingerprint density at radius 3 is 2.79 bits per heavy atom. The fraction of sp³-hybridized carbons (Fsp3) is 0.438. The first-order valence-corrected chi connectivity index (χ1v) is 15.2. The van der Waals surface area contributed by atoms with Crippen LogP contribution < -0.4 is 21.3 Å². The molecular formula is C32H44N8O2S. The minimum Gasteiger partial charge on any atom is -0.392 e. The van der Waals surface area contributed by atoms with E-state index in [2.05, 4.69) is 49.7 Å². The third kappa shape index (κ3) is 10.6. The number of nitrogens with zero attached hydrogens (tertiary/aromatic N) is 4. The molecule has 230 valence electrons. The first-order chi connectivity index (χ1) is 20.4. The predicted octanol–water partition coefficient (Wildman–Crippen LogP) is 4.07. The number of carbonyl (C=O) groups excluding carboxylic acids is 2. The van der Waals surface area contributed by atoms with Crippen LogP contribution in [0.5, 0.6) is 0 Å². The van der Waals surface area contributed by atoms with Crippen molar-refractivity contribution in [3.8, 4) is 11.8 Å². The smallest absolute Gasteiger partial charge is 0.234 e. The molecule has 1 aliphatic heterocycles. The van der Waals surface area contributed by atoms with E-state index in [9.17, 15) is 9.59 Å². The number of anilines is 1. The number of fused-ring (bicyclic) bond motifs is 1. The van der Waals surface area contributed by atoms with Gasteiger partial charge in [-0.15, -0.1) is 11.0 Å². The van der Waals surface area contributed by atoms with Gasteiger partial charge in [-0.1, -0.05) is 39.3 Å². The number of rotatable bonds is 12. The molecule has 0 aromatic carbocycles. The van der Waals surface area contributed by atoms with Gasteiger partial charge in [-0.25, -0.2) is 9.50 Å². The van der Waals surface area contributed by atoms with Crippen LogP contribution >= 0.6 is 11.8 Å². The van der Waals surface area contributed by atoms with E-state index in [1.54, 1.807) is 17.5 Å². The Balaban J connectivity index is 1.62. The summed E-state index contributed by atoms with van der Waals surface area (Å²) in [7, 11) is 1.86. The maximum atomic E-state index is 12.8. The van der Waals surface area contributed by atoms with Gasteiger partial charge >= 0.3 is 0 Å². The normalized spacial score (nSPS) is 17.0. The second kappa shape index (κ2) is 15.5. The standard InChI is InChI=1S/C32H44N8O2S/c1-9-10-12-26(43-31-37-29(27-13-11-17-40(27)38-31)35-24(4)19-23(3)33-8)15-14-22(2)34-28(41)21-39-18-16-25(20-39)36-30(42)32(5,6)7/h11-15,17,19,22,25,33H,4,16,18,20-21H2,1-3,5-8H3,(H,34,41)(H,36,42)(H,35,37,38)/b15-14-,23-19-,26-12+. The maximum Gasteiger partial charge on any atom is 0.234 e. The van der Waals surface area contributed by atoms with Crippen LogP contribution in [0.1, 0.15) is 48.0 Å². The lowest BCUT2D eigenvalue weighted by Crippen LogP contribution is -2.44. The van der Waals surface area contributed by atoms with Crippen molar-refractivity contribution >= 4 is 34.9 Å². The van der Waals surface area contributed by atoms with E-state index in [1.165, 1.54) is 11.8 Å². The highest BCUT2D eigenvalue weighted by Gasteiger charge is 2.29. The summed E-state index contributed by atoms with van der Waals surface area (Å²) in [6.07, 6.45) is 10.3. The van der Waals surface area contributed by atoms with Gasteiger partial charge in [0.2, 0.25) is 17.0 Å². The molecule has 1 aliphatic rings. The number of likely N-dealkylation sites (tertiary alicyclic amines) is 1. The minimum atomic E-state index is -0.431. The summed E-state index contributed by atoms with van der Waals surface area (Å²) in [6, 6.07) is 3.71. The monoisotopic (exact) mass is 604 g/mol. The van der Waals surface area contributed by atoms with Gasteiger partial charge in [0.05, 0.1) is 6.54 Å². The molecule has 10 nitrogen and oxygen atoms in total. The molecule has 11 heteroatoms. The summed E-state index contributed by atoms with van der Waals surface area (Å²) >= 11 is 1.38. The molecule has 2 atom stereocenters. The van der Waals surface area contributed by atoms with Crippen LogP contribution in [0.3, 0.4) is 0 Å². The average molecular weight is 605 g/mol. The molecule has 2 amide bonds. The molecule has 0 saturated carbocycles. The molecule has 1 saturated heterocycles. The van der Waals surface area contributed by atoms with Crippen molar-refractivity contribution in [1.29, 1.82) is 0 Å². The van der Waals surface area contributed by atoms with Gasteiger partial charge < -0.3 is 21.3 Å². The van der Waals surface area contributed by atoms with Crippen molar-refractivity contribution in [2.45, 2.75) is 65.2 Å². The topological polar surface area (TPSA) is 116 Å². The molecule has 3 rings (SSSR count). The molecule has 2 unspecified atom stereocenters. The molecule has 3 heterocycles. The Morgan fingerprint density at radius 2 is 2.09 bits per heavy atom. The number of amides is 2. The van der Waals surface area contributed by atoms with Gasteiger partial charge in [0.1, 0.15) is 5.52 Å². The Morgan fingerprint density at radius 1 is 1.33 bits per heavy atom. The number of hydrogen-bond acceptors (Lipinski definition) is 8. The Hall–Kier alpha value is -4.01. The van der Waals surface area contributed by atoms with E-state index < -0.39 is 5.41 Å². The summed E-state index contributed by atoms with van der Waals surface area (Å²) in [5, 5.41) is 17.7. The summed E-state index contributed by atoms with van der Waals surface area (Å²) in [4.78, 5) is 32.7. The van der Waals surface area contributed by atoms with Crippen molar-refractivity contribution in [3.63, 3.8) is 0 Å². The predicted molar refractivity (Wildman–Crippen MR) is 175 cm³/mol. The van der Waals surface area contributed by atoms with Crippen LogP contribution in [0.15, 0.2) is 70.7 Å². The van der Waals surface area contributed by atoms with E-state index in [4.69, 9.17) is 4.98 Å². The number of nitrogens with one attached hydrogen (secondary N) is 4. The molecular weight excluding hydrogens is 560 g/mol. The third-order valence-electron chi connectivity index (χ3n) is 6.60. The number of thioether (sulfide) groups is 1. The van der Waals surface area contributed by atoms with Crippen LogP contribution in [0.25, 0.3) is 5.52 Å². The highest BCUT2D eigenvalue weighted by molar-refractivity contribution is 8.03. The lowest BCUT2D eigenvalue weighted by molar-refractivity contribution is -0.129. The highest BCUT2D eigenvalue weighted by atomic mass is 32.2. The second-order valence-corrected chi connectivity index (χ2v) is 12.6. The first kappa shape index (κ1) is 33.5. The van der Waals surface area contributed by atoms with E-state index in [0.29, 0.717) is 23.2 Å². The van der Waals surface area contributed by atoms with E-state index in [1.807, 2.05) is 78.2 Å². The lowest BCUT2D eigenvalue weighted by Gasteiger charge is -2.22. The largest absolute Gasteiger partial charge is 0.392 e. The maximum absolute atomic E-state index is 12.8. The second-order valence-electron chi connectivity index (χ2n) is 11.5. The zero-order valence-corrected chi connectivity index (χ0v) is 27.1. The molecule has 43 heavy (non-hydrogen) atoms. The summed E-state index contributed by atoms with van der Waals surface area (Å²) in [6.45, 7) is 17.2. The van der Waals surface area contributed by atoms with Gasteiger partial charge in [-0.3, -0.25) is 14.5 Å². The summed E-state index contributed by atoms with van der Waals surface area (Å²) in [5.41, 5.74) is 2.06. The van der Waals surface area contributed by atoms with Crippen molar-refractivity contribution in [1.82, 2.24) is 35.4 Å². The minimum absolute atomic E-state index is 0.0328. The van der Waals surface area contributed by atoms with E-state index in [0.717, 1.165) is 29.1 Å². The zero-order chi connectivity index (χ0) is 31.6. The number of carbonyl (C=O) groups is 2. The number of allylic oxidation sites excluding steroid dienone is 4. The van der Waals surface area contributed by atoms with Crippen molar-refractivity contribution in [2.75, 3.05) is 32.0 Å².